The van der Waals surface area contributed by atoms with E-state index in [1.807, 2.05) is 0 Å². The zero-order chi connectivity index (χ0) is 21.0. The Hall–Kier alpha value is -2.76. The molecule has 2 N–H and O–H groups in total. The van der Waals surface area contributed by atoms with Crippen LogP contribution in [0.1, 0.15) is 6.42 Å². The summed E-state index contributed by atoms with van der Waals surface area (Å²) in [7, 11) is -4.08. The van der Waals surface area contributed by atoms with Crippen molar-refractivity contribution in [2.45, 2.75) is 11.3 Å². The maximum atomic E-state index is 13.2. The molecule has 0 saturated heterocycles. The molecule has 3 aromatic rings. The normalized spacial score (nSPS) is 11.4. The Kier molecular flexibility index (Phi) is 6.30. The van der Waals surface area contributed by atoms with Crippen molar-refractivity contribution in [1.29, 1.82) is 0 Å². The average Bonchev–Trinajstić information content (AvgIpc) is 3.12. The predicted molar refractivity (Wildman–Crippen MR) is 102 cm³/mol. The number of amides is 1. The Morgan fingerprint density at radius 3 is 2.45 bits per heavy atom. The summed E-state index contributed by atoms with van der Waals surface area (Å²) in [5.74, 6) is -3.31. The van der Waals surface area contributed by atoms with Crippen LogP contribution >= 0.6 is 11.3 Å². The minimum absolute atomic E-state index is 0.200. The number of halogens is 3. The summed E-state index contributed by atoms with van der Waals surface area (Å²) in [6.07, 6.45) is -0.200. The molecule has 0 atom stereocenters. The van der Waals surface area contributed by atoms with Gasteiger partial charge in [0.05, 0.1) is 10.6 Å². The van der Waals surface area contributed by atoms with Crippen LogP contribution < -0.4 is 10.0 Å². The lowest BCUT2D eigenvalue weighted by Crippen LogP contribution is -2.28. The van der Waals surface area contributed by atoms with E-state index in [-0.39, 0.29) is 18.8 Å². The number of anilines is 1. The van der Waals surface area contributed by atoms with Crippen LogP contribution in [0.25, 0.3) is 11.3 Å². The summed E-state index contributed by atoms with van der Waals surface area (Å²) in [6, 6.07) is 7.90. The van der Waals surface area contributed by atoms with Crippen LogP contribution in [0.4, 0.5) is 18.3 Å². The number of carbonyl (C=O) groups excluding carboxylic acids is 1. The zero-order valence-corrected chi connectivity index (χ0v) is 16.3. The topological polar surface area (TPSA) is 88.2 Å². The van der Waals surface area contributed by atoms with Crippen LogP contribution in [0, 0.1) is 17.5 Å². The molecule has 0 radical (unpaired) electrons. The molecule has 1 amide bonds. The molecule has 0 aliphatic rings. The summed E-state index contributed by atoms with van der Waals surface area (Å²) < 4.78 is 65.3. The fourth-order valence-electron chi connectivity index (χ4n) is 2.29. The highest BCUT2D eigenvalue weighted by atomic mass is 32.2. The van der Waals surface area contributed by atoms with Crippen molar-refractivity contribution in [3.8, 4) is 11.3 Å². The molecule has 3 rings (SSSR count). The first-order valence-electron chi connectivity index (χ1n) is 8.20. The number of thiazole rings is 1. The molecule has 2 aromatic carbocycles. The van der Waals surface area contributed by atoms with Crippen LogP contribution in [0.15, 0.2) is 52.7 Å². The van der Waals surface area contributed by atoms with E-state index in [1.54, 1.807) is 17.5 Å². The zero-order valence-electron chi connectivity index (χ0n) is 14.7. The molecule has 0 spiro atoms. The maximum Gasteiger partial charge on any atom is 0.240 e. The molecule has 0 bridgehead atoms. The van der Waals surface area contributed by atoms with Gasteiger partial charge in [0.25, 0.3) is 0 Å². The molecule has 29 heavy (non-hydrogen) atoms. The number of rotatable bonds is 7. The van der Waals surface area contributed by atoms with Gasteiger partial charge in [-0.05, 0) is 42.5 Å². The fourth-order valence-corrected chi connectivity index (χ4v) is 4.07. The lowest BCUT2D eigenvalue weighted by atomic mass is 10.2. The third-order valence-electron chi connectivity index (χ3n) is 3.74. The molecule has 152 valence electrons. The molecule has 0 unspecified atom stereocenters. The van der Waals surface area contributed by atoms with Gasteiger partial charge in [-0.15, -0.1) is 11.3 Å². The number of aromatic nitrogens is 1. The van der Waals surface area contributed by atoms with Gasteiger partial charge in [0.2, 0.25) is 15.9 Å². The molecule has 11 heteroatoms. The van der Waals surface area contributed by atoms with Crippen molar-refractivity contribution in [3.63, 3.8) is 0 Å². The van der Waals surface area contributed by atoms with Crippen molar-refractivity contribution in [1.82, 2.24) is 9.71 Å². The van der Waals surface area contributed by atoms with Crippen LogP contribution in [0.2, 0.25) is 0 Å². The van der Waals surface area contributed by atoms with E-state index in [2.05, 4.69) is 15.0 Å². The Morgan fingerprint density at radius 2 is 1.76 bits per heavy atom. The van der Waals surface area contributed by atoms with E-state index >= 15 is 0 Å². The van der Waals surface area contributed by atoms with Gasteiger partial charge in [-0.1, -0.05) is 0 Å². The summed E-state index contributed by atoms with van der Waals surface area (Å²) in [4.78, 5) is 15.8. The van der Waals surface area contributed by atoms with E-state index in [9.17, 15) is 26.4 Å². The van der Waals surface area contributed by atoms with E-state index in [0.29, 0.717) is 28.5 Å². The summed E-state index contributed by atoms with van der Waals surface area (Å²) in [6.45, 7) is -0.247. The van der Waals surface area contributed by atoms with Crippen molar-refractivity contribution in [2.75, 3.05) is 11.9 Å². The summed E-state index contributed by atoms with van der Waals surface area (Å²) in [5.41, 5.74) is 1.24. The predicted octanol–water partition coefficient (Wildman–Crippen LogP) is 3.53. The fraction of sp³-hybridized carbons (Fsp3) is 0.111. The third kappa shape index (κ3) is 5.40. The SMILES string of the molecule is O=C(CCNS(=O)(=O)c1ccc(F)c(F)c1)Nc1nc(-c2ccc(F)cc2)cs1. The highest BCUT2D eigenvalue weighted by molar-refractivity contribution is 7.89. The highest BCUT2D eigenvalue weighted by Gasteiger charge is 2.17. The highest BCUT2D eigenvalue weighted by Crippen LogP contribution is 2.25. The van der Waals surface area contributed by atoms with Gasteiger partial charge >= 0.3 is 0 Å². The van der Waals surface area contributed by atoms with Crippen molar-refractivity contribution in [2.24, 2.45) is 0 Å². The smallest absolute Gasteiger partial charge is 0.240 e. The van der Waals surface area contributed by atoms with Gasteiger partial charge in [0.1, 0.15) is 5.82 Å². The van der Waals surface area contributed by atoms with Crippen LogP contribution in [0.3, 0.4) is 0 Å². The molecule has 0 aliphatic heterocycles. The Morgan fingerprint density at radius 1 is 1.03 bits per heavy atom. The van der Waals surface area contributed by atoms with Crippen molar-refractivity contribution in [3.05, 3.63) is 65.3 Å². The minimum atomic E-state index is -4.08. The van der Waals surface area contributed by atoms with Crippen molar-refractivity contribution >= 4 is 32.4 Å². The van der Waals surface area contributed by atoms with Gasteiger partial charge < -0.3 is 5.32 Å². The van der Waals surface area contributed by atoms with Crippen LogP contribution in [0.5, 0.6) is 0 Å². The lowest BCUT2D eigenvalue weighted by Gasteiger charge is -2.07. The summed E-state index contributed by atoms with van der Waals surface area (Å²) >= 11 is 1.16. The number of nitrogens with zero attached hydrogens (tertiary/aromatic N) is 1. The number of hydrogen-bond acceptors (Lipinski definition) is 5. The van der Waals surface area contributed by atoms with E-state index in [1.165, 1.54) is 12.1 Å². The quantitative estimate of drug-likeness (QED) is 0.587. The average molecular weight is 441 g/mol. The Labute approximate surface area is 168 Å². The first-order chi connectivity index (χ1) is 13.7. The number of hydrogen-bond donors (Lipinski definition) is 2. The molecule has 1 aromatic heterocycles. The Bertz CT molecular complexity index is 1130. The molecule has 0 fully saturated rings. The van der Waals surface area contributed by atoms with Gasteiger partial charge in [-0.2, -0.15) is 0 Å². The van der Waals surface area contributed by atoms with Gasteiger partial charge in [0.15, 0.2) is 16.8 Å². The minimum Gasteiger partial charge on any atom is -0.302 e. The number of nitrogens with one attached hydrogen (secondary N) is 2. The standard InChI is InChI=1S/C18H14F3N3O3S2/c19-12-3-1-11(2-4-12)16-10-28-18(23-16)24-17(25)7-8-22-29(26,27)13-5-6-14(20)15(21)9-13/h1-6,9-10,22H,7-8H2,(H,23,24,25). The molecular formula is C18H14F3N3O3S2. The Balaban J connectivity index is 1.53. The molecule has 0 saturated carbocycles. The van der Waals surface area contributed by atoms with Crippen molar-refractivity contribution < 1.29 is 26.4 Å². The van der Waals surface area contributed by atoms with Crippen LogP contribution in [-0.2, 0) is 14.8 Å². The second-order valence-electron chi connectivity index (χ2n) is 5.82. The van der Waals surface area contributed by atoms with E-state index in [4.69, 9.17) is 0 Å². The third-order valence-corrected chi connectivity index (χ3v) is 5.95. The monoisotopic (exact) mass is 441 g/mol. The molecule has 1 heterocycles. The second-order valence-corrected chi connectivity index (χ2v) is 8.44. The molecular weight excluding hydrogens is 427 g/mol. The molecule has 0 aliphatic carbocycles. The second kappa shape index (κ2) is 8.72. The number of benzene rings is 2. The van der Waals surface area contributed by atoms with Gasteiger partial charge in [0, 0.05) is 23.9 Å². The maximum absolute atomic E-state index is 13.2. The van der Waals surface area contributed by atoms with Gasteiger partial charge in [-0.25, -0.2) is 31.3 Å². The summed E-state index contributed by atoms with van der Waals surface area (Å²) in [5, 5.41) is 4.53. The van der Waals surface area contributed by atoms with E-state index in [0.717, 1.165) is 17.4 Å². The molecule has 6 nitrogen and oxygen atoms in total. The van der Waals surface area contributed by atoms with Gasteiger partial charge in [-0.3, -0.25) is 4.79 Å². The van der Waals surface area contributed by atoms with Crippen LogP contribution in [-0.4, -0.2) is 25.9 Å². The number of carbonyl (C=O) groups is 1. The van der Waals surface area contributed by atoms with E-state index < -0.39 is 32.5 Å². The first kappa shape index (κ1) is 21.0. The largest absolute Gasteiger partial charge is 0.302 e. The lowest BCUT2D eigenvalue weighted by molar-refractivity contribution is -0.116. The number of sulfonamides is 1. The first-order valence-corrected chi connectivity index (χ1v) is 10.6.